The van der Waals surface area contributed by atoms with Gasteiger partial charge in [0.1, 0.15) is 6.61 Å². The molecule has 0 aliphatic heterocycles. The Morgan fingerprint density at radius 1 is 1.26 bits per heavy atom. The Hall–Kier alpha value is -1.68. The van der Waals surface area contributed by atoms with E-state index in [1.165, 1.54) is 12.0 Å². The van der Waals surface area contributed by atoms with Crippen LogP contribution < -0.4 is 0 Å². The maximum Gasteiger partial charge on any atom is 0.233 e. The second-order valence-corrected chi connectivity index (χ2v) is 5.25. The van der Waals surface area contributed by atoms with Crippen molar-refractivity contribution in [3.05, 3.63) is 47.6 Å². The quantitative estimate of drug-likeness (QED) is 0.827. The zero-order valence-corrected chi connectivity index (χ0v) is 11.1. The third-order valence-corrected chi connectivity index (χ3v) is 3.89. The SMILES string of the molecule is COCc1noc(C2(Cc3ccccc3)CCC2)n1. The lowest BCUT2D eigenvalue weighted by Crippen LogP contribution is -2.37. The number of hydrogen-bond acceptors (Lipinski definition) is 4. The van der Waals surface area contributed by atoms with E-state index in [1.807, 2.05) is 6.07 Å². The van der Waals surface area contributed by atoms with Gasteiger partial charge >= 0.3 is 0 Å². The van der Waals surface area contributed by atoms with E-state index in [2.05, 4.69) is 34.4 Å². The number of benzene rings is 1. The van der Waals surface area contributed by atoms with Crippen molar-refractivity contribution in [2.24, 2.45) is 0 Å². The summed E-state index contributed by atoms with van der Waals surface area (Å²) in [6.07, 6.45) is 4.45. The zero-order chi connectivity index (χ0) is 13.1. The molecule has 0 unspecified atom stereocenters. The van der Waals surface area contributed by atoms with Crippen molar-refractivity contribution >= 4 is 0 Å². The van der Waals surface area contributed by atoms with Crippen LogP contribution in [0.15, 0.2) is 34.9 Å². The van der Waals surface area contributed by atoms with E-state index in [0.717, 1.165) is 25.2 Å². The van der Waals surface area contributed by atoms with Crippen LogP contribution in [0, 0.1) is 0 Å². The van der Waals surface area contributed by atoms with Crippen molar-refractivity contribution in [1.82, 2.24) is 10.1 Å². The second-order valence-electron chi connectivity index (χ2n) is 5.25. The molecule has 3 rings (SSSR count). The molecule has 0 N–H and O–H groups in total. The topological polar surface area (TPSA) is 48.2 Å². The molecule has 0 radical (unpaired) electrons. The van der Waals surface area contributed by atoms with Gasteiger partial charge in [0.2, 0.25) is 5.89 Å². The van der Waals surface area contributed by atoms with Gasteiger partial charge in [-0.3, -0.25) is 0 Å². The van der Waals surface area contributed by atoms with Crippen molar-refractivity contribution in [3.8, 4) is 0 Å². The van der Waals surface area contributed by atoms with E-state index in [1.54, 1.807) is 7.11 Å². The number of nitrogens with zero attached hydrogens (tertiary/aromatic N) is 2. The maximum absolute atomic E-state index is 5.46. The summed E-state index contributed by atoms with van der Waals surface area (Å²) < 4.78 is 10.5. The van der Waals surface area contributed by atoms with Crippen molar-refractivity contribution in [2.45, 2.75) is 37.7 Å². The Balaban J connectivity index is 1.82. The molecule has 1 fully saturated rings. The first-order chi connectivity index (χ1) is 9.32. The number of methoxy groups -OCH3 is 1. The van der Waals surface area contributed by atoms with Gasteiger partial charge in [-0.2, -0.15) is 4.98 Å². The highest BCUT2D eigenvalue weighted by Gasteiger charge is 2.43. The Kier molecular flexibility index (Phi) is 3.34. The van der Waals surface area contributed by atoms with Crippen LogP contribution in [0.1, 0.15) is 36.5 Å². The van der Waals surface area contributed by atoms with Crippen LogP contribution in [0.4, 0.5) is 0 Å². The Morgan fingerprint density at radius 2 is 2.05 bits per heavy atom. The number of aromatic nitrogens is 2. The first kappa shape index (κ1) is 12.4. The first-order valence-corrected chi connectivity index (χ1v) is 6.68. The van der Waals surface area contributed by atoms with Gasteiger partial charge in [0.25, 0.3) is 0 Å². The fourth-order valence-corrected chi connectivity index (χ4v) is 2.71. The van der Waals surface area contributed by atoms with E-state index in [4.69, 9.17) is 9.26 Å². The lowest BCUT2D eigenvalue weighted by molar-refractivity contribution is 0.167. The Labute approximate surface area is 112 Å². The highest BCUT2D eigenvalue weighted by atomic mass is 16.5. The first-order valence-electron chi connectivity index (χ1n) is 6.68. The highest BCUT2D eigenvalue weighted by Crippen LogP contribution is 2.45. The van der Waals surface area contributed by atoms with Crippen molar-refractivity contribution in [3.63, 3.8) is 0 Å². The molecule has 0 bridgehead atoms. The molecular formula is C15H18N2O2. The highest BCUT2D eigenvalue weighted by molar-refractivity contribution is 5.22. The third kappa shape index (κ3) is 2.40. The fourth-order valence-electron chi connectivity index (χ4n) is 2.71. The molecule has 0 atom stereocenters. The van der Waals surface area contributed by atoms with E-state index in [0.29, 0.717) is 12.4 Å². The molecule has 4 nitrogen and oxygen atoms in total. The molecule has 0 saturated heterocycles. The van der Waals surface area contributed by atoms with Crippen LogP contribution >= 0.6 is 0 Å². The van der Waals surface area contributed by atoms with Gasteiger partial charge in [-0.25, -0.2) is 0 Å². The van der Waals surface area contributed by atoms with Gasteiger partial charge in [-0.15, -0.1) is 0 Å². The summed E-state index contributed by atoms with van der Waals surface area (Å²) in [6.45, 7) is 0.408. The third-order valence-electron chi connectivity index (χ3n) is 3.89. The van der Waals surface area contributed by atoms with Gasteiger partial charge in [0, 0.05) is 7.11 Å². The van der Waals surface area contributed by atoms with Gasteiger partial charge in [0.05, 0.1) is 5.41 Å². The second kappa shape index (κ2) is 5.13. The average Bonchev–Trinajstić information content (AvgIpc) is 2.84. The van der Waals surface area contributed by atoms with Crippen molar-refractivity contribution in [1.29, 1.82) is 0 Å². The van der Waals surface area contributed by atoms with Crippen LogP contribution in [-0.2, 0) is 23.2 Å². The Bertz CT molecular complexity index is 532. The molecule has 1 aliphatic carbocycles. The monoisotopic (exact) mass is 258 g/mol. The molecule has 1 aliphatic rings. The summed E-state index contributed by atoms with van der Waals surface area (Å²) in [4.78, 5) is 4.49. The van der Waals surface area contributed by atoms with Gasteiger partial charge in [-0.05, 0) is 24.8 Å². The Morgan fingerprint density at radius 3 is 2.68 bits per heavy atom. The minimum atomic E-state index is 0.0420. The summed E-state index contributed by atoms with van der Waals surface area (Å²) in [5.74, 6) is 1.41. The molecule has 100 valence electrons. The van der Waals surface area contributed by atoms with E-state index in [9.17, 15) is 0 Å². The van der Waals surface area contributed by atoms with Crippen LogP contribution in [0.5, 0.6) is 0 Å². The van der Waals surface area contributed by atoms with Gasteiger partial charge in [-0.1, -0.05) is 41.9 Å². The number of ether oxygens (including phenoxy) is 1. The molecule has 1 heterocycles. The molecule has 0 spiro atoms. The minimum absolute atomic E-state index is 0.0420. The minimum Gasteiger partial charge on any atom is -0.377 e. The van der Waals surface area contributed by atoms with Crippen molar-refractivity contribution < 1.29 is 9.26 Å². The standard InChI is InChI=1S/C15H18N2O2/c1-18-11-13-16-14(19-17-13)15(8-5-9-15)10-12-6-3-2-4-7-12/h2-4,6-7H,5,8-11H2,1H3. The summed E-state index contributed by atoms with van der Waals surface area (Å²) >= 11 is 0. The molecule has 4 heteroatoms. The van der Waals surface area contributed by atoms with Crippen LogP contribution in [0.25, 0.3) is 0 Å². The van der Waals surface area contributed by atoms with E-state index in [-0.39, 0.29) is 5.41 Å². The van der Waals surface area contributed by atoms with E-state index >= 15 is 0 Å². The predicted octanol–water partition coefficient (Wildman–Crippen LogP) is 2.88. The molecule has 0 amide bonds. The van der Waals surface area contributed by atoms with Crippen LogP contribution in [0.3, 0.4) is 0 Å². The largest absolute Gasteiger partial charge is 0.377 e. The summed E-state index contributed by atoms with van der Waals surface area (Å²) in [7, 11) is 1.64. The molecule has 19 heavy (non-hydrogen) atoms. The summed E-state index contributed by atoms with van der Waals surface area (Å²) in [6, 6.07) is 10.5. The lowest BCUT2D eigenvalue weighted by atomic mass is 9.65. The normalized spacial score (nSPS) is 17.1. The van der Waals surface area contributed by atoms with Gasteiger partial charge < -0.3 is 9.26 Å². The molecule has 1 aromatic carbocycles. The van der Waals surface area contributed by atoms with E-state index < -0.39 is 0 Å². The number of rotatable bonds is 5. The van der Waals surface area contributed by atoms with Crippen LogP contribution in [0.2, 0.25) is 0 Å². The average molecular weight is 258 g/mol. The zero-order valence-electron chi connectivity index (χ0n) is 11.1. The number of hydrogen-bond donors (Lipinski definition) is 0. The van der Waals surface area contributed by atoms with Crippen molar-refractivity contribution in [2.75, 3.05) is 7.11 Å². The molecule has 1 saturated carbocycles. The summed E-state index contributed by atoms with van der Waals surface area (Å²) in [5, 5.41) is 3.98. The van der Waals surface area contributed by atoms with Gasteiger partial charge in [0.15, 0.2) is 5.82 Å². The smallest absolute Gasteiger partial charge is 0.233 e. The molecule has 1 aromatic heterocycles. The summed E-state index contributed by atoms with van der Waals surface area (Å²) in [5.41, 5.74) is 1.37. The lowest BCUT2D eigenvalue weighted by Gasteiger charge is -2.38. The maximum atomic E-state index is 5.46. The fraction of sp³-hybridized carbons (Fsp3) is 0.467. The predicted molar refractivity (Wildman–Crippen MR) is 70.7 cm³/mol. The molecular weight excluding hydrogens is 240 g/mol. The van der Waals surface area contributed by atoms with Crippen LogP contribution in [-0.4, -0.2) is 17.3 Å². The molecule has 2 aromatic rings.